The molecule has 4 rings (SSSR count). The van der Waals surface area contributed by atoms with Crippen molar-refractivity contribution >= 4 is 17.5 Å². The number of aryl methyl sites for hydroxylation is 1. The molecule has 6 nitrogen and oxygen atoms in total. The van der Waals surface area contributed by atoms with Gasteiger partial charge in [-0.1, -0.05) is 11.8 Å². The quantitative estimate of drug-likeness (QED) is 0.430. The molecule has 142 valence electrons. The average molecular weight is 385 g/mol. The Morgan fingerprint density at radius 2 is 2.11 bits per heavy atom. The fourth-order valence-electron chi connectivity index (χ4n) is 3.54. The number of thioether (sulfide) groups is 1. The monoisotopic (exact) mass is 384 g/mol. The van der Waals surface area contributed by atoms with Crippen LogP contribution in [0.4, 0.5) is 0 Å². The highest BCUT2D eigenvalue weighted by atomic mass is 32.2. The smallest absolute Gasteiger partial charge is 0.192 e. The standard InChI is InChI=1S/C20H24N4O2S/c1-4-23-13(2)10-17(14(23)3)18(25)12-27-20-22-21-19(15-7-8-15)24(20)11-16-6-5-9-26-16/h5-6,9-10,15H,4,7-8,11-12H2,1-3H3. The molecule has 0 unspecified atom stereocenters. The summed E-state index contributed by atoms with van der Waals surface area (Å²) in [5.74, 6) is 2.85. The first-order chi connectivity index (χ1) is 13.1. The predicted octanol–water partition coefficient (Wildman–Crippen LogP) is 4.21. The van der Waals surface area contributed by atoms with Crippen molar-refractivity contribution < 1.29 is 9.21 Å². The van der Waals surface area contributed by atoms with E-state index in [9.17, 15) is 4.79 Å². The molecule has 0 aromatic carbocycles. The summed E-state index contributed by atoms with van der Waals surface area (Å²) in [6.45, 7) is 7.63. The topological polar surface area (TPSA) is 65.8 Å². The molecule has 0 spiro atoms. The van der Waals surface area contributed by atoms with Crippen LogP contribution in [0.5, 0.6) is 0 Å². The Labute approximate surface area is 163 Å². The van der Waals surface area contributed by atoms with E-state index in [1.54, 1.807) is 6.26 Å². The second-order valence-electron chi connectivity index (χ2n) is 7.02. The molecule has 1 aliphatic rings. The number of Topliss-reactive ketones (excluding diaryl/α,β-unsaturated/α-hetero) is 1. The van der Waals surface area contributed by atoms with Crippen LogP contribution in [0.15, 0.2) is 34.0 Å². The Balaban J connectivity index is 1.52. The highest BCUT2D eigenvalue weighted by Gasteiger charge is 2.31. The molecule has 0 aliphatic heterocycles. The van der Waals surface area contributed by atoms with Crippen molar-refractivity contribution in [2.45, 2.75) is 57.8 Å². The van der Waals surface area contributed by atoms with Crippen LogP contribution in [-0.4, -0.2) is 30.9 Å². The molecule has 1 fully saturated rings. The molecule has 1 saturated carbocycles. The third kappa shape index (κ3) is 3.60. The van der Waals surface area contributed by atoms with Gasteiger partial charge in [0.1, 0.15) is 11.6 Å². The van der Waals surface area contributed by atoms with Crippen LogP contribution < -0.4 is 0 Å². The number of hydrogen-bond acceptors (Lipinski definition) is 5. The minimum Gasteiger partial charge on any atom is -0.467 e. The molecule has 27 heavy (non-hydrogen) atoms. The second-order valence-corrected chi connectivity index (χ2v) is 7.96. The lowest BCUT2D eigenvalue weighted by Crippen LogP contribution is -2.08. The zero-order valence-electron chi connectivity index (χ0n) is 15.9. The second kappa shape index (κ2) is 7.38. The summed E-state index contributed by atoms with van der Waals surface area (Å²) >= 11 is 1.46. The summed E-state index contributed by atoms with van der Waals surface area (Å²) in [4.78, 5) is 12.8. The zero-order valence-corrected chi connectivity index (χ0v) is 16.8. The number of hydrogen-bond donors (Lipinski definition) is 0. The third-order valence-electron chi connectivity index (χ3n) is 5.10. The van der Waals surface area contributed by atoms with Gasteiger partial charge in [0, 0.05) is 29.4 Å². The molecule has 0 radical (unpaired) electrons. The molecular weight excluding hydrogens is 360 g/mol. The number of furan rings is 1. The van der Waals surface area contributed by atoms with Gasteiger partial charge in [0.05, 0.1) is 18.6 Å². The van der Waals surface area contributed by atoms with E-state index in [1.165, 1.54) is 11.8 Å². The van der Waals surface area contributed by atoms with Gasteiger partial charge < -0.3 is 8.98 Å². The highest BCUT2D eigenvalue weighted by molar-refractivity contribution is 7.99. The Kier molecular flexibility index (Phi) is 4.95. The van der Waals surface area contributed by atoms with Crippen LogP contribution in [0.2, 0.25) is 0 Å². The lowest BCUT2D eigenvalue weighted by molar-refractivity contribution is 0.102. The normalized spacial score (nSPS) is 14.0. The molecule has 0 amide bonds. The van der Waals surface area contributed by atoms with Crippen LogP contribution in [0, 0.1) is 13.8 Å². The van der Waals surface area contributed by atoms with Gasteiger partial charge in [-0.2, -0.15) is 0 Å². The van der Waals surface area contributed by atoms with Gasteiger partial charge in [-0.3, -0.25) is 9.36 Å². The van der Waals surface area contributed by atoms with E-state index in [2.05, 4.69) is 26.3 Å². The van der Waals surface area contributed by atoms with Gasteiger partial charge in [0.15, 0.2) is 10.9 Å². The van der Waals surface area contributed by atoms with E-state index >= 15 is 0 Å². The van der Waals surface area contributed by atoms with Crippen LogP contribution in [-0.2, 0) is 13.1 Å². The van der Waals surface area contributed by atoms with Gasteiger partial charge in [-0.05, 0) is 51.8 Å². The summed E-state index contributed by atoms with van der Waals surface area (Å²) in [6.07, 6.45) is 3.99. The summed E-state index contributed by atoms with van der Waals surface area (Å²) in [5, 5.41) is 9.54. The van der Waals surface area contributed by atoms with Gasteiger partial charge in [-0.25, -0.2) is 0 Å². The number of ketones is 1. The minimum absolute atomic E-state index is 0.133. The van der Waals surface area contributed by atoms with Gasteiger partial charge >= 0.3 is 0 Å². The van der Waals surface area contributed by atoms with Crippen molar-refractivity contribution in [3.05, 3.63) is 53.0 Å². The number of nitrogens with zero attached hydrogens (tertiary/aromatic N) is 4. The number of carbonyl (C=O) groups is 1. The van der Waals surface area contributed by atoms with Crippen molar-refractivity contribution in [1.82, 2.24) is 19.3 Å². The van der Waals surface area contributed by atoms with E-state index < -0.39 is 0 Å². The highest BCUT2D eigenvalue weighted by Crippen LogP contribution is 2.40. The van der Waals surface area contributed by atoms with Crippen molar-refractivity contribution in [3.63, 3.8) is 0 Å². The Morgan fingerprint density at radius 3 is 2.74 bits per heavy atom. The molecule has 0 bridgehead atoms. The van der Waals surface area contributed by atoms with Crippen LogP contribution in [0.3, 0.4) is 0 Å². The van der Waals surface area contributed by atoms with E-state index in [1.807, 2.05) is 32.0 Å². The molecule has 3 heterocycles. The molecule has 3 aromatic heterocycles. The van der Waals surface area contributed by atoms with E-state index in [0.717, 1.165) is 53.1 Å². The van der Waals surface area contributed by atoms with Crippen molar-refractivity contribution in [2.75, 3.05) is 5.75 Å². The summed E-state index contributed by atoms with van der Waals surface area (Å²) in [6, 6.07) is 5.83. The van der Waals surface area contributed by atoms with Gasteiger partial charge in [0.25, 0.3) is 0 Å². The maximum Gasteiger partial charge on any atom is 0.192 e. The summed E-state index contributed by atoms with van der Waals surface area (Å²) in [7, 11) is 0. The van der Waals surface area contributed by atoms with Gasteiger partial charge in [0.2, 0.25) is 0 Å². The predicted molar refractivity (Wildman–Crippen MR) is 104 cm³/mol. The van der Waals surface area contributed by atoms with E-state index in [-0.39, 0.29) is 5.78 Å². The fraction of sp³-hybridized carbons (Fsp3) is 0.450. The largest absolute Gasteiger partial charge is 0.467 e. The first kappa shape index (κ1) is 18.1. The molecular formula is C20H24N4O2S. The molecule has 0 N–H and O–H groups in total. The van der Waals surface area contributed by atoms with Crippen molar-refractivity contribution in [1.29, 1.82) is 0 Å². The maximum atomic E-state index is 12.8. The van der Waals surface area contributed by atoms with Gasteiger partial charge in [-0.15, -0.1) is 10.2 Å². The molecule has 3 aromatic rings. The molecule has 7 heteroatoms. The van der Waals surface area contributed by atoms with E-state index in [0.29, 0.717) is 18.2 Å². The Morgan fingerprint density at radius 1 is 1.30 bits per heavy atom. The van der Waals surface area contributed by atoms with Crippen LogP contribution in [0.25, 0.3) is 0 Å². The number of aromatic nitrogens is 4. The van der Waals surface area contributed by atoms with Crippen LogP contribution >= 0.6 is 11.8 Å². The molecule has 0 saturated heterocycles. The number of carbonyl (C=O) groups excluding carboxylic acids is 1. The first-order valence-corrected chi connectivity index (χ1v) is 10.3. The average Bonchev–Trinajstić information content (AvgIpc) is 3.09. The third-order valence-corrected chi connectivity index (χ3v) is 6.07. The van der Waals surface area contributed by atoms with E-state index in [4.69, 9.17) is 4.42 Å². The molecule has 0 atom stereocenters. The summed E-state index contributed by atoms with van der Waals surface area (Å²) in [5.41, 5.74) is 2.97. The lowest BCUT2D eigenvalue weighted by atomic mass is 10.2. The fourth-order valence-corrected chi connectivity index (χ4v) is 4.36. The number of rotatable bonds is 8. The van der Waals surface area contributed by atoms with Crippen LogP contribution in [0.1, 0.15) is 59.0 Å². The SMILES string of the molecule is CCn1c(C)cc(C(=O)CSc2nnc(C3CC3)n2Cc2ccco2)c1C. The summed E-state index contributed by atoms with van der Waals surface area (Å²) < 4.78 is 9.77. The Bertz CT molecular complexity index is 951. The minimum atomic E-state index is 0.133. The Hall–Kier alpha value is -2.28. The lowest BCUT2D eigenvalue weighted by Gasteiger charge is -2.08. The van der Waals surface area contributed by atoms with Crippen molar-refractivity contribution in [2.24, 2.45) is 0 Å². The maximum absolute atomic E-state index is 12.8. The molecule has 1 aliphatic carbocycles. The van der Waals surface area contributed by atoms with Crippen molar-refractivity contribution in [3.8, 4) is 0 Å². The first-order valence-electron chi connectivity index (χ1n) is 9.36. The zero-order chi connectivity index (χ0) is 19.0.